The van der Waals surface area contributed by atoms with Gasteiger partial charge < -0.3 is 0 Å². The molecule has 0 aromatic rings. The Hall–Kier alpha value is -0.750. The minimum Gasteiger partial charge on any atom is -0.147 e. The van der Waals surface area contributed by atoms with Gasteiger partial charge in [-0.3, -0.25) is 0 Å². The molecule has 2 rings (SSSR count). The van der Waals surface area contributed by atoms with Crippen molar-refractivity contribution >= 4 is 12.4 Å². The molecule has 0 nitrogen and oxygen atoms in total. The standard InChI is InChI=1S/2C5H6.ClH/c2*1-2-4-5-3-1;/h2*1-4H,5H2;1H. The topological polar surface area (TPSA) is 0 Å². The lowest BCUT2D eigenvalue weighted by Crippen LogP contribution is -1.37. The van der Waals surface area contributed by atoms with E-state index in [1.807, 2.05) is 0 Å². The summed E-state index contributed by atoms with van der Waals surface area (Å²) in [5.74, 6) is 0. The van der Waals surface area contributed by atoms with Crippen LogP contribution in [0.5, 0.6) is 0 Å². The average molecular weight is 169 g/mol. The van der Waals surface area contributed by atoms with Crippen LogP contribution in [0.1, 0.15) is 12.8 Å². The third-order valence-electron chi connectivity index (χ3n) is 1.31. The van der Waals surface area contributed by atoms with Gasteiger partial charge in [-0.2, -0.15) is 0 Å². The molecule has 2 aliphatic carbocycles. The van der Waals surface area contributed by atoms with Crippen LogP contribution in [-0.4, -0.2) is 0 Å². The number of halogens is 1. The molecule has 0 bridgehead atoms. The lowest BCUT2D eigenvalue weighted by Gasteiger charge is -1.57. The fourth-order valence-electron chi connectivity index (χ4n) is 0.786. The van der Waals surface area contributed by atoms with Crippen LogP contribution in [0.25, 0.3) is 0 Å². The van der Waals surface area contributed by atoms with Crippen molar-refractivity contribution in [3.63, 3.8) is 0 Å². The number of hydrogen-bond acceptors (Lipinski definition) is 0. The van der Waals surface area contributed by atoms with Crippen LogP contribution < -0.4 is 0 Å². The van der Waals surface area contributed by atoms with Crippen LogP contribution in [0, 0.1) is 0 Å². The molecular formula is C10H13Cl. The van der Waals surface area contributed by atoms with Crippen molar-refractivity contribution in [2.24, 2.45) is 0 Å². The zero-order valence-electron chi connectivity index (χ0n) is 6.44. The molecule has 0 amide bonds. The van der Waals surface area contributed by atoms with Gasteiger partial charge in [-0.1, -0.05) is 48.6 Å². The van der Waals surface area contributed by atoms with E-state index < -0.39 is 0 Å². The van der Waals surface area contributed by atoms with Crippen LogP contribution >= 0.6 is 12.4 Å². The summed E-state index contributed by atoms with van der Waals surface area (Å²) in [4.78, 5) is 0. The summed E-state index contributed by atoms with van der Waals surface area (Å²) in [5, 5.41) is 0. The molecule has 11 heavy (non-hydrogen) atoms. The Labute approximate surface area is 74.4 Å². The summed E-state index contributed by atoms with van der Waals surface area (Å²) >= 11 is 0. The molecule has 0 radical (unpaired) electrons. The lowest BCUT2D eigenvalue weighted by molar-refractivity contribution is 1.45. The maximum atomic E-state index is 2.12. The van der Waals surface area contributed by atoms with Crippen molar-refractivity contribution < 1.29 is 0 Å². The first-order valence-corrected chi connectivity index (χ1v) is 3.63. The number of allylic oxidation sites excluding steroid dienone is 8. The van der Waals surface area contributed by atoms with Gasteiger partial charge in [0.05, 0.1) is 0 Å². The molecule has 0 unspecified atom stereocenters. The second-order valence-electron chi connectivity index (χ2n) is 2.18. The molecule has 0 saturated carbocycles. The van der Waals surface area contributed by atoms with Crippen LogP contribution in [0.15, 0.2) is 48.6 Å². The quantitative estimate of drug-likeness (QED) is 0.520. The molecule has 0 saturated heterocycles. The maximum Gasteiger partial charge on any atom is -0.0163 e. The Bertz CT molecular complexity index is 143. The van der Waals surface area contributed by atoms with Gasteiger partial charge in [0.1, 0.15) is 0 Å². The third kappa shape index (κ3) is 5.68. The summed E-state index contributed by atoms with van der Waals surface area (Å²) < 4.78 is 0. The van der Waals surface area contributed by atoms with Gasteiger partial charge in [0.2, 0.25) is 0 Å². The smallest absolute Gasteiger partial charge is 0.0163 e. The molecule has 0 aliphatic heterocycles. The Balaban J connectivity index is 0.000000167. The second kappa shape index (κ2) is 7.36. The van der Waals surface area contributed by atoms with Crippen molar-refractivity contribution in [3.8, 4) is 0 Å². The molecule has 0 atom stereocenters. The zero-order valence-corrected chi connectivity index (χ0v) is 7.26. The summed E-state index contributed by atoms with van der Waals surface area (Å²) in [6, 6.07) is 0. The summed E-state index contributed by atoms with van der Waals surface area (Å²) in [7, 11) is 0. The van der Waals surface area contributed by atoms with E-state index in [1.165, 1.54) is 0 Å². The van der Waals surface area contributed by atoms with Gasteiger partial charge in [-0.05, 0) is 12.8 Å². The molecule has 2 aliphatic rings. The van der Waals surface area contributed by atoms with Crippen LogP contribution in [-0.2, 0) is 0 Å². The van der Waals surface area contributed by atoms with Crippen LogP contribution in [0.2, 0.25) is 0 Å². The fraction of sp³-hybridized carbons (Fsp3) is 0.200. The van der Waals surface area contributed by atoms with E-state index in [0.717, 1.165) is 12.8 Å². The van der Waals surface area contributed by atoms with Gasteiger partial charge in [-0.15, -0.1) is 12.4 Å². The van der Waals surface area contributed by atoms with E-state index >= 15 is 0 Å². The number of rotatable bonds is 0. The highest BCUT2D eigenvalue weighted by Crippen LogP contribution is 1.93. The van der Waals surface area contributed by atoms with Gasteiger partial charge in [0.25, 0.3) is 0 Å². The van der Waals surface area contributed by atoms with Gasteiger partial charge in [-0.25, -0.2) is 0 Å². The number of hydrogen-bond donors (Lipinski definition) is 0. The minimum absolute atomic E-state index is 0. The molecule has 0 aromatic heterocycles. The van der Waals surface area contributed by atoms with Crippen molar-refractivity contribution in [1.29, 1.82) is 0 Å². The van der Waals surface area contributed by atoms with Gasteiger partial charge in [0.15, 0.2) is 0 Å². The van der Waals surface area contributed by atoms with E-state index in [2.05, 4.69) is 48.6 Å². The van der Waals surface area contributed by atoms with E-state index in [0.29, 0.717) is 0 Å². The van der Waals surface area contributed by atoms with Crippen molar-refractivity contribution in [2.45, 2.75) is 12.8 Å². The first-order chi connectivity index (χ1) is 5.00. The molecular weight excluding hydrogens is 156 g/mol. The van der Waals surface area contributed by atoms with E-state index in [4.69, 9.17) is 0 Å². The average Bonchev–Trinajstić information content (AvgIpc) is 2.67. The van der Waals surface area contributed by atoms with E-state index in [1.54, 1.807) is 0 Å². The normalized spacial score (nSPS) is 16.0. The lowest BCUT2D eigenvalue weighted by atomic mass is 10.5. The van der Waals surface area contributed by atoms with Crippen molar-refractivity contribution in [3.05, 3.63) is 48.6 Å². The zero-order chi connectivity index (χ0) is 7.07. The Morgan fingerprint density at radius 3 is 0.909 bits per heavy atom. The molecule has 60 valence electrons. The molecule has 1 heteroatoms. The minimum atomic E-state index is 0. The Morgan fingerprint density at radius 2 is 0.818 bits per heavy atom. The maximum absolute atomic E-state index is 2.12. The van der Waals surface area contributed by atoms with Crippen molar-refractivity contribution in [1.82, 2.24) is 0 Å². The van der Waals surface area contributed by atoms with Crippen LogP contribution in [0.3, 0.4) is 0 Å². The first kappa shape index (κ1) is 10.2. The largest absolute Gasteiger partial charge is 0.147 e. The molecule has 0 spiro atoms. The summed E-state index contributed by atoms with van der Waals surface area (Å²) in [6.45, 7) is 0. The Morgan fingerprint density at radius 1 is 0.545 bits per heavy atom. The highest BCUT2D eigenvalue weighted by molar-refractivity contribution is 5.85. The van der Waals surface area contributed by atoms with E-state index in [-0.39, 0.29) is 12.4 Å². The second-order valence-corrected chi connectivity index (χ2v) is 2.18. The SMILES string of the molecule is C1=CCC=C1.C1=CCC=C1.Cl. The predicted octanol–water partition coefficient (Wildman–Crippen LogP) is 3.43. The van der Waals surface area contributed by atoms with Gasteiger partial charge in [0, 0.05) is 0 Å². The Kier molecular flexibility index (Phi) is 6.86. The highest BCUT2D eigenvalue weighted by atomic mass is 35.5. The third-order valence-corrected chi connectivity index (χ3v) is 1.31. The van der Waals surface area contributed by atoms with E-state index in [9.17, 15) is 0 Å². The van der Waals surface area contributed by atoms with Crippen LogP contribution in [0.4, 0.5) is 0 Å². The predicted molar refractivity (Wildman–Crippen MR) is 53.0 cm³/mol. The molecule has 0 heterocycles. The monoisotopic (exact) mass is 168 g/mol. The summed E-state index contributed by atoms with van der Waals surface area (Å²) in [6.07, 6.45) is 19.0. The summed E-state index contributed by atoms with van der Waals surface area (Å²) in [5.41, 5.74) is 0. The first-order valence-electron chi connectivity index (χ1n) is 3.63. The van der Waals surface area contributed by atoms with Crippen molar-refractivity contribution in [2.75, 3.05) is 0 Å². The van der Waals surface area contributed by atoms with Gasteiger partial charge >= 0.3 is 0 Å². The molecule has 0 N–H and O–H groups in total. The molecule has 0 fully saturated rings. The fourth-order valence-corrected chi connectivity index (χ4v) is 0.786. The molecule has 0 aromatic carbocycles. The highest BCUT2D eigenvalue weighted by Gasteiger charge is 1.72.